The number of thiophene rings is 1. The molecule has 0 bridgehead atoms. The number of carbonyl (C=O) groups is 2. The van der Waals surface area contributed by atoms with Crippen molar-refractivity contribution in [1.29, 1.82) is 0 Å². The Balaban J connectivity index is 1.75. The van der Waals surface area contributed by atoms with Crippen LogP contribution in [-0.4, -0.2) is 11.8 Å². The summed E-state index contributed by atoms with van der Waals surface area (Å²) in [5, 5.41) is 7.54. The lowest BCUT2D eigenvalue weighted by Crippen LogP contribution is -2.34. The molecule has 2 amide bonds. The first-order valence-electron chi connectivity index (χ1n) is 8.57. The summed E-state index contributed by atoms with van der Waals surface area (Å²) in [7, 11) is 0. The predicted octanol–water partition coefficient (Wildman–Crippen LogP) is 4.14. The molecule has 0 aliphatic heterocycles. The smallest absolute Gasteiger partial charge is 0.268 e. The van der Waals surface area contributed by atoms with Crippen LogP contribution in [0.2, 0.25) is 0 Å². The van der Waals surface area contributed by atoms with Gasteiger partial charge in [-0.3, -0.25) is 9.59 Å². The first-order valence-corrected chi connectivity index (χ1v) is 9.45. The summed E-state index contributed by atoms with van der Waals surface area (Å²) in [6, 6.07) is 20.6. The molecule has 136 valence electrons. The van der Waals surface area contributed by atoms with Crippen LogP contribution in [0.5, 0.6) is 0 Å². The van der Waals surface area contributed by atoms with Gasteiger partial charge in [-0.05, 0) is 42.1 Å². The van der Waals surface area contributed by atoms with E-state index in [0.717, 1.165) is 16.0 Å². The zero-order valence-corrected chi connectivity index (χ0v) is 15.8. The molecule has 0 fully saturated rings. The number of hydrogen-bond donors (Lipinski definition) is 2. The number of amides is 2. The third kappa shape index (κ3) is 5.39. The normalized spacial score (nSPS) is 11.1. The Bertz CT molecular complexity index is 947. The molecule has 1 aromatic heterocycles. The van der Waals surface area contributed by atoms with Gasteiger partial charge in [-0.25, -0.2) is 0 Å². The van der Waals surface area contributed by atoms with Crippen LogP contribution in [0.3, 0.4) is 0 Å². The lowest BCUT2D eigenvalue weighted by Gasteiger charge is -2.11. The van der Waals surface area contributed by atoms with Crippen LogP contribution >= 0.6 is 11.3 Å². The van der Waals surface area contributed by atoms with Gasteiger partial charge in [0.05, 0.1) is 0 Å². The van der Waals surface area contributed by atoms with E-state index in [9.17, 15) is 9.59 Å². The summed E-state index contributed by atoms with van der Waals surface area (Å²) in [5.41, 5.74) is 2.86. The summed E-state index contributed by atoms with van der Waals surface area (Å²) in [4.78, 5) is 26.1. The molecule has 4 nitrogen and oxygen atoms in total. The molecule has 0 aliphatic rings. The molecule has 3 aromatic rings. The zero-order chi connectivity index (χ0) is 19.1. The van der Waals surface area contributed by atoms with Gasteiger partial charge in [-0.1, -0.05) is 54.1 Å². The maximum absolute atomic E-state index is 12.7. The first kappa shape index (κ1) is 18.6. The van der Waals surface area contributed by atoms with Crippen LogP contribution in [0.15, 0.2) is 77.8 Å². The molecular formula is C22H20N2O2S. The molecule has 0 unspecified atom stereocenters. The molecule has 0 spiro atoms. The minimum atomic E-state index is -0.325. The number of rotatable bonds is 6. The predicted molar refractivity (Wildman–Crippen MR) is 109 cm³/mol. The SMILES string of the molecule is Cc1cccc(CNC(=O)/C(=C/c2cccs2)NC(=O)c2ccccc2)c1. The lowest BCUT2D eigenvalue weighted by atomic mass is 10.1. The molecule has 3 rings (SSSR count). The fraction of sp³-hybridized carbons (Fsp3) is 0.0909. The first-order chi connectivity index (χ1) is 13.1. The second-order valence-corrected chi connectivity index (χ2v) is 7.04. The Hall–Kier alpha value is -3.18. The van der Waals surface area contributed by atoms with Gasteiger partial charge in [-0.15, -0.1) is 11.3 Å². The van der Waals surface area contributed by atoms with E-state index in [1.54, 1.807) is 30.3 Å². The van der Waals surface area contributed by atoms with Gasteiger partial charge in [-0.2, -0.15) is 0 Å². The van der Waals surface area contributed by atoms with E-state index in [2.05, 4.69) is 10.6 Å². The molecular weight excluding hydrogens is 356 g/mol. The Morgan fingerprint density at radius 1 is 1.00 bits per heavy atom. The average Bonchev–Trinajstić information content (AvgIpc) is 3.19. The van der Waals surface area contributed by atoms with Crippen LogP contribution in [0, 0.1) is 6.92 Å². The van der Waals surface area contributed by atoms with Crippen molar-refractivity contribution in [3.05, 3.63) is 99.4 Å². The Labute approximate surface area is 162 Å². The average molecular weight is 376 g/mol. The zero-order valence-electron chi connectivity index (χ0n) is 14.9. The quantitative estimate of drug-likeness (QED) is 0.635. The van der Waals surface area contributed by atoms with Crippen molar-refractivity contribution in [3.8, 4) is 0 Å². The van der Waals surface area contributed by atoms with Gasteiger partial charge < -0.3 is 10.6 Å². The molecule has 2 N–H and O–H groups in total. The lowest BCUT2D eigenvalue weighted by molar-refractivity contribution is -0.117. The number of carbonyl (C=O) groups excluding carboxylic acids is 2. The van der Waals surface area contributed by atoms with Gasteiger partial charge in [0.25, 0.3) is 11.8 Å². The van der Waals surface area contributed by atoms with Gasteiger partial charge in [0, 0.05) is 17.0 Å². The van der Waals surface area contributed by atoms with E-state index < -0.39 is 0 Å². The fourth-order valence-electron chi connectivity index (χ4n) is 2.56. The third-order valence-corrected chi connectivity index (χ3v) is 4.71. The van der Waals surface area contributed by atoms with Gasteiger partial charge in [0.1, 0.15) is 5.70 Å². The van der Waals surface area contributed by atoms with Crippen LogP contribution < -0.4 is 10.6 Å². The Morgan fingerprint density at radius 3 is 2.52 bits per heavy atom. The van der Waals surface area contributed by atoms with Crippen molar-refractivity contribution in [2.45, 2.75) is 13.5 Å². The van der Waals surface area contributed by atoms with Crippen molar-refractivity contribution in [1.82, 2.24) is 10.6 Å². The Morgan fingerprint density at radius 2 is 1.81 bits per heavy atom. The highest BCUT2D eigenvalue weighted by atomic mass is 32.1. The molecule has 0 atom stereocenters. The van der Waals surface area contributed by atoms with E-state index in [1.807, 2.05) is 54.8 Å². The molecule has 2 aromatic carbocycles. The van der Waals surface area contributed by atoms with Gasteiger partial charge >= 0.3 is 0 Å². The standard InChI is InChI=1S/C22H20N2O2S/c1-16-7-5-8-17(13-16)15-23-22(26)20(14-19-11-6-12-27-19)24-21(25)18-9-3-2-4-10-18/h2-14H,15H2,1H3,(H,23,26)(H,24,25)/b20-14-. The maximum Gasteiger partial charge on any atom is 0.268 e. The summed E-state index contributed by atoms with van der Waals surface area (Å²) in [6.45, 7) is 2.40. The molecule has 0 saturated carbocycles. The highest BCUT2D eigenvalue weighted by Gasteiger charge is 2.14. The number of benzene rings is 2. The molecule has 0 aliphatic carbocycles. The summed E-state index contributed by atoms with van der Waals surface area (Å²) >= 11 is 1.50. The van der Waals surface area contributed by atoms with Crippen LogP contribution in [-0.2, 0) is 11.3 Å². The second-order valence-electron chi connectivity index (χ2n) is 6.07. The van der Waals surface area contributed by atoms with Crippen molar-refractivity contribution in [3.63, 3.8) is 0 Å². The van der Waals surface area contributed by atoms with Crippen LogP contribution in [0.1, 0.15) is 26.4 Å². The van der Waals surface area contributed by atoms with Crippen LogP contribution in [0.25, 0.3) is 6.08 Å². The highest BCUT2D eigenvalue weighted by Crippen LogP contribution is 2.13. The van der Waals surface area contributed by atoms with E-state index in [4.69, 9.17) is 0 Å². The van der Waals surface area contributed by atoms with Gasteiger partial charge in [0.2, 0.25) is 0 Å². The van der Waals surface area contributed by atoms with E-state index >= 15 is 0 Å². The van der Waals surface area contributed by atoms with E-state index in [1.165, 1.54) is 11.3 Å². The number of aryl methyl sites for hydroxylation is 1. The maximum atomic E-state index is 12.7. The highest BCUT2D eigenvalue weighted by molar-refractivity contribution is 7.10. The minimum absolute atomic E-state index is 0.221. The van der Waals surface area contributed by atoms with Crippen molar-refractivity contribution in [2.24, 2.45) is 0 Å². The summed E-state index contributed by atoms with van der Waals surface area (Å²) < 4.78 is 0. The van der Waals surface area contributed by atoms with Crippen molar-refractivity contribution < 1.29 is 9.59 Å². The van der Waals surface area contributed by atoms with E-state index in [0.29, 0.717) is 12.1 Å². The third-order valence-electron chi connectivity index (χ3n) is 3.89. The van der Waals surface area contributed by atoms with Crippen molar-refractivity contribution >= 4 is 29.2 Å². The molecule has 5 heteroatoms. The molecule has 1 heterocycles. The second kappa shape index (κ2) is 8.96. The number of hydrogen-bond acceptors (Lipinski definition) is 3. The topological polar surface area (TPSA) is 58.2 Å². The summed E-state index contributed by atoms with van der Waals surface area (Å²) in [6.07, 6.45) is 1.69. The van der Waals surface area contributed by atoms with E-state index in [-0.39, 0.29) is 17.5 Å². The number of nitrogens with one attached hydrogen (secondary N) is 2. The van der Waals surface area contributed by atoms with Crippen LogP contribution in [0.4, 0.5) is 0 Å². The van der Waals surface area contributed by atoms with Crippen molar-refractivity contribution in [2.75, 3.05) is 0 Å². The minimum Gasteiger partial charge on any atom is -0.347 e. The fourth-order valence-corrected chi connectivity index (χ4v) is 3.22. The molecule has 0 radical (unpaired) electrons. The molecule has 0 saturated heterocycles. The summed E-state index contributed by atoms with van der Waals surface area (Å²) in [5.74, 6) is -0.640. The Kier molecular flexibility index (Phi) is 6.18. The molecule has 27 heavy (non-hydrogen) atoms. The monoisotopic (exact) mass is 376 g/mol. The van der Waals surface area contributed by atoms with Gasteiger partial charge in [0.15, 0.2) is 0 Å². The largest absolute Gasteiger partial charge is 0.347 e.